The molecule has 2 N–H and O–H groups in total. The molecule has 132 valence electrons. The number of hydrogen-bond donors (Lipinski definition) is 2. The lowest BCUT2D eigenvalue weighted by atomic mass is 9.87. The monoisotopic (exact) mass is 340 g/mol. The van der Waals surface area contributed by atoms with Crippen LogP contribution in [-0.2, 0) is 4.74 Å². The molecule has 4 heterocycles. The van der Waals surface area contributed by atoms with Gasteiger partial charge in [-0.25, -0.2) is 0 Å². The molecule has 0 bridgehead atoms. The molecule has 0 aliphatic carbocycles. The van der Waals surface area contributed by atoms with Crippen LogP contribution in [0.4, 0.5) is 0 Å². The van der Waals surface area contributed by atoms with Gasteiger partial charge >= 0.3 is 0 Å². The van der Waals surface area contributed by atoms with Crippen LogP contribution in [-0.4, -0.2) is 52.5 Å². The van der Waals surface area contributed by atoms with Gasteiger partial charge in [-0.1, -0.05) is 6.08 Å². The van der Waals surface area contributed by atoms with Crippen molar-refractivity contribution in [1.29, 1.82) is 0 Å². The van der Waals surface area contributed by atoms with E-state index in [1.165, 1.54) is 22.3 Å². The van der Waals surface area contributed by atoms with Crippen LogP contribution in [0.25, 0.3) is 11.1 Å². The predicted molar refractivity (Wildman–Crippen MR) is 97.7 cm³/mol. The van der Waals surface area contributed by atoms with Crippen molar-refractivity contribution in [1.82, 2.24) is 15.2 Å². The minimum absolute atomic E-state index is 0.0677. The van der Waals surface area contributed by atoms with Crippen LogP contribution in [0.5, 0.6) is 0 Å². The fourth-order valence-electron chi connectivity index (χ4n) is 3.39. The van der Waals surface area contributed by atoms with Gasteiger partial charge in [0.05, 0.1) is 17.5 Å². The van der Waals surface area contributed by atoms with Gasteiger partial charge in [0.2, 0.25) is 6.41 Å². The van der Waals surface area contributed by atoms with E-state index in [1.807, 2.05) is 44.3 Å². The lowest BCUT2D eigenvalue weighted by Gasteiger charge is -2.35. The van der Waals surface area contributed by atoms with Gasteiger partial charge in [0.15, 0.2) is 0 Å². The lowest BCUT2D eigenvalue weighted by molar-refractivity contribution is -0.236. The highest BCUT2D eigenvalue weighted by molar-refractivity contribution is 5.97. The fraction of sp³-hybridized carbons (Fsp3) is 0.474. The smallest absolute Gasteiger partial charge is 0.216 e. The summed E-state index contributed by atoms with van der Waals surface area (Å²) in [6.45, 7) is 7.27. The summed E-state index contributed by atoms with van der Waals surface area (Å²) in [5.41, 5.74) is 5.47. The molecular formula is C19H24N4O2. The number of aliphatic imine (C=N–C) groups is 1. The first kappa shape index (κ1) is 16.4. The Morgan fingerprint density at radius 2 is 2.24 bits per heavy atom. The predicted octanol–water partition coefficient (Wildman–Crippen LogP) is 1.96. The van der Waals surface area contributed by atoms with Crippen molar-refractivity contribution in [2.45, 2.75) is 45.4 Å². The van der Waals surface area contributed by atoms with Gasteiger partial charge in [0, 0.05) is 36.6 Å². The summed E-state index contributed by atoms with van der Waals surface area (Å²) >= 11 is 0. The Morgan fingerprint density at radius 3 is 2.88 bits per heavy atom. The number of nitrogens with one attached hydrogen (secondary N) is 1. The highest BCUT2D eigenvalue weighted by Gasteiger charge is 2.31. The van der Waals surface area contributed by atoms with Crippen molar-refractivity contribution in [2.75, 3.05) is 13.1 Å². The van der Waals surface area contributed by atoms with E-state index < -0.39 is 6.41 Å². The normalized spacial score (nSPS) is 23.6. The molecule has 1 aromatic heterocycles. The molecule has 3 aliphatic rings. The van der Waals surface area contributed by atoms with E-state index >= 15 is 0 Å². The average Bonchev–Trinajstić information content (AvgIpc) is 2.53. The second-order valence-electron chi connectivity index (χ2n) is 7.60. The Kier molecular flexibility index (Phi) is 3.98. The fourth-order valence-corrected chi connectivity index (χ4v) is 3.39. The van der Waals surface area contributed by atoms with Crippen LogP contribution in [0.15, 0.2) is 29.5 Å². The quantitative estimate of drug-likeness (QED) is 0.823. The number of fused-ring (bicyclic) bond motifs is 3. The van der Waals surface area contributed by atoms with Crippen molar-refractivity contribution in [3.8, 4) is 0 Å². The topological polar surface area (TPSA) is 70.0 Å². The average molecular weight is 340 g/mol. The molecule has 25 heavy (non-hydrogen) atoms. The van der Waals surface area contributed by atoms with Gasteiger partial charge in [-0.2, -0.15) is 0 Å². The SMILES string of the molecule is CC(C)(C)OC(O)N1CC=C(c2ccnc3c2C2=CNC2N=C3)CC1. The number of hydrogen-bond acceptors (Lipinski definition) is 6. The number of aromatic nitrogens is 1. The van der Waals surface area contributed by atoms with Crippen molar-refractivity contribution < 1.29 is 9.84 Å². The minimum Gasteiger partial charge on any atom is -0.366 e. The Morgan fingerprint density at radius 1 is 1.40 bits per heavy atom. The van der Waals surface area contributed by atoms with Crippen LogP contribution in [0, 0.1) is 0 Å². The van der Waals surface area contributed by atoms with Crippen LogP contribution >= 0.6 is 0 Å². The maximum absolute atomic E-state index is 10.3. The molecular weight excluding hydrogens is 316 g/mol. The van der Waals surface area contributed by atoms with E-state index in [0.29, 0.717) is 6.54 Å². The van der Waals surface area contributed by atoms with Crippen LogP contribution in [0.1, 0.15) is 44.0 Å². The van der Waals surface area contributed by atoms with E-state index in [2.05, 4.69) is 27.4 Å². The number of pyridine rings is 1. The molecule has 0 saturated carbocycles. The van der Waals surface area contributed by atoms with E-state index in [9.17, 15) is 5.11 Å². The molecule has 2 atom stereocenters. The first-order chi connectivity index (χ1) is 11.9. The molecule has 0 saturated heterocycles. The Labute approximate surface area is 147 Å². The van der Waals surface area contributed by atoms with E-state index in [1.54, 1.807) is 0 Å². The van der Waals surface area contributed by atoms with Crippen LogP contribution < -0.4 is 5.32 Å². The summed E-state index contributed by atoms with van der Waals surface area (Å²) in [5, 5.41) is 13.5. The van der Waals surface area contributed by atoms with E-state index in [4.69, 9.17) is 4.74 Å². The van der Waals surface area contributed by atoms with Gasteiger partial charge in [0.25, 0.3) is 0 Å². The first-order valence-corrected chi connectivity index (χ1v) is 8.70. The third-order valence-corrected chi connectivity index (χ3v) is 4.66. The van der Waals surface area contributed by atoms with Crippen molar-refractivity contribution in [2.24, 2.45) is 4.99 Å². The van der Waals surface area contributed by atoms with Crippen molar-refractivity contribution in [3.05, 3.63) is 41.4 Å². The molecule has 0 spiro atoms. The number of aliphatic hydroxyl groups is 1. The van der Waals surface area contributed by atoms with Crippen molar-refractivity contribution >= 4 is 17.4 Å². The summed E-state index contributed by atoms with van der Waals surface area (Å²) in [6.07, 6.45) is 7.95. The maximum Gasteiger partial charge on any atom is 0.216 e. The van der Waals surface area contributed by atoms with Gasteiger partial charge in [-0.05, 0) is 44.4 Å². The molecule has 0 amide bonds. The zero-order valence-corrected chi connectivity index (χ0v) is 14.9. The number of aliphatic hydroxyl groups excluding tert-OH is 1. The van der Waals surface area contributed by atoms with Crippen molar-refractivity contribution in [3.63, 3.8) is 0 Å². The number of nitrogens with zero attached hydrogens (tertiary/aromatic N) is 3. The molecule has 6 heteroatoms. The zero-order chi connectivity index (χ0) is 17.6. The summed E-state index contributed by atoms with van der Waals surface area (Å²) in [5.74, 6) is 0. The standard InChI is InChI=1S/C19H24N4O2/c1-19(2,3)25-18(24)23-8-5-12(6-9-23)13-4-7-20-15-11-22-17-14(10-21-17)16(13)15/h4-5,7,10-11,17-18,21,24H,6,8-9H2,1-3H3. The molecule has 3 aliphatic heterocycles. The Hall–Kier alpha value is -2.02. The number of ether oxygens (including phenoxy) is 1. The summed E-state index contributed by atoms with van der Waals surface area (Å²) in [4.78, 5) is 10.9. The third kappa shape index (κ3) is 3.13. The summed E-state index contributed by atoms with van der Waals surface area (Å²) < 4.78 is 5.66. The van der Waals surface area contributed by atoms with Gasteiger partial charge < -0.3 is 15.2 Å². The molecule has 6 nitrogen and oxygen atoms in total. The van der Waals surface area contributed by atoms with Gasteiger partial charge in [0.1, 0.15) is 6.17 Å². The second-order valence-corrected chi connectivity index (χ2v) is 7.60. The van der Waals surface area contributed by atoms with Gasteiger partial charge in [-0.15, -0.1) is 0 Å². The zero-order valence-electron chi connectivity index (χ0n) is 14.9. The van der Waals surface area contributed by atoms with Crippen LogP contribution in [0.3, 0.4) is 0 Å². The van der Waals surface area contributed by atoms with E-state index in [-0.39, 0.29) is 11.8 Å². The Bertz CT molecular complexity index is 776. The lowest BCUT2D eigenvalue weighted by Crippen LogP contribution is -2.43. The maximum atomic E-state index is 10.3. The summed E-state index contributed by atoms with van der Waals surface area (Å²) in [7, 11) is 0. The third-order valence-electron chi connectivity index (χ3n) is 4.66. The molecule has 0 fully saturated rings. The van der Waals surface area contributed by atoms with Crippen LogP contribution in [0.2, 0.25) is 0 Å². The highest BCUT2D eigenvalue weighted by atomic mass is 16.6. The first-order valence-electron chi connectivity index (χ1n) is 8.70. The highest BCUT2D eigenvalue weighted by Crippen LogP contribution is 2.37. The molecule has 0 aromatic carbocycles. The molecule has 2 unspecified atom stereocenters. The van der Waals surface area contributed by atoms with E-state index in [0.717, 1.165) is 18.7 Å². The minimum atomic E-state index is -0.876. The largest absolute Gasteiger partial charge is 0.366 e. The summed E-state index contributed by atoms with van der Waals surface area (Å²) in [6, 6.07) is 2.08. The molecule has 1 aromatic rings. The molecule has 4 rings (SSSR count). The number of rotatable bonds is 3. The second kappa shape index (κ2) is 6.05. The Balaban J connectivity index is 1.56. The van der Waals surface area contributed by atoms with Gasteiger partial charge in [-0.3, -0.25) is 14.9 Å². The molecule has 0 radical (unpaired) electrons.